The topological polar surface area (TPSA) is 97.8 Å². The van der Waals surface area contributed by atoms with Crippen LogP contribution < -0.4 is 5.32 Å². The van der Waals surface area contributed by atoms with Gasteiger partial charge in [-0.25, -0.2) is 18.6 Å². The highest BCUT2D eigenvalue weighted by Crippen LogP contribution is 2.39. The zero-order valence-electron chi connectivity index (χ0n) is 22.6. The molecule has 12 heteroatoms. The Bertz CT molecular complexity index is 1550. The van der Waals surface area contributed by atoms with Gasteiger partial charge in [0.2, 0.25) is 11.9 Å². The maximum Gasteiger partial charge on any atom is 0.410 e. The fourth-order valence-electron chi connectivity index (χ4n) is 5.38. The third kappa shape index (κ3) is 6.06. The average Bonchev–Trinajstić information content (AvgIpc) is 2.96. The number of ether oxygens (including phenoxy) is 2. The van der Waals surface area contributed by atoms with E-state index in [9.17, 15) is 23.2 Å². The molecule has 2 amide bonds. The number of pyridine rings is 1. The molecule has 1 saturated heterocycles. The summed E-state index contributed by atoms with van der Waals surface area (Å²) in [6.07, 6.45) is 0.652. The number of cyclic esters (lactones) is 1. The van der Waals surface area contributed by atoms with E-state index in [1.807, 2.05) is 0 Å². The second kappa shape index (κ2) is 12.4. The maximum atomic E-state index is 15.3. The van der Waals surface area contributed by atoms with Crippen LogP contribution in [0.3, 0.4) is 0 Å². The summed E-state index contributed by atoms with van der Waals surface area (Å²) >= 11 is 5.83. The molecule has 8 nitrogen and oxygen atoms in total. The molecule has 1 N–H and O–H groups in total. The van der Waals surface area contributed by atoms with Crippen molar-refractivity contribution in [1.82, 2.24) is 9.88 Å². The first-order chi connectivity index (χ1) is 20.2. The normalized spacial score (nSPS) is 19.1. The van der Waals surface area contributed by atoms with Gasteiger partial charge in [0.25, 0.3) is 0 Å². The van der Waals surface area contributed by atoms with E-state index in [1.54, 1.807) is 24.3 Å². The number of rotatable bonds is 4. The lowest BCUT2D eigenvalue weighted by Gasteiger charge is -2.37. The molecule has 5 rings (SSSR count). The Morgan fingerprint density at radius 3 is 2.71 bits per heavy atom. The summed E-state index contributed by atoms with van der Waals surface area (Å²) in [5, 5.41) is 2.59. The van der Waals surface area contributed by atoms with Crippen molar-refractivity contribution in [3.05, 3.63) is 81.9 Å². The summed E-state index contributed by atoms with van der Waals surface area (Å²) < 4.78 is 54.7. The van der Waals surface area contributed by atoms with Gasteiger partial charge in [-0.05, 0) is 42.7 Å². The van der Waals surface area contributed by atoms with Crippen LogP contribution in [0.2, 0.25) is 5.02 Å². The quantitative estimate of drug-likeness (QED) is 0.204. The Labute approximate surface area is 244 Å². The second-order valence-electron chi connectivity index (χ2n) is 10.2. The summed E-state index contributed by atoms with van der Waals surface area (Å²) in [6.45, 7) is 0.0250. The molecule has 2 bridgehead atoms. The number of halogens is 4. The van der Waals surface area contributed by atoms with Crippen molar-refractivity contribution in [1.29, 1.82) is 0 Å². The molecule has 2 aliphatic heterocycles. The van der Waals surface area contributed by atoms with Crippen molar-refractivity contribution in [3.63, 3.8) is 0 Å². The number of amides is 2. The molecule has 1 fully saturated rings. The summed E-state index contributed by atoms with van der Waals surface area (Å²) in [6, 6.07) is 7.89. The Morgan fingerprint density at radius 2 is 1.95 bits per heavy atom. The van der Waals surface area contributed by atoms with Crippen molar-refractivity contribution in [2.45, 2.75) is 50.7 Å². The summed E-state index contributed by atoms with van der Waals surface area (Å²) in [4.78, 5) is 43.1. The van der Waals surface area contributed by atoms with Gasteiger partial charge in [0.1, 0.15) is 11.9 Å². The van der Waals surface area contributed by atoms with E-state index in [1.165, 1.54) is 18.2 Å². The predicted molar refractivity (Wildman–Crippen MR) is 147 cm³/mol. The van der Waals surface area contributed by atoms with Gasteiger partial charge in [0.05, 0.1) is 30.2 Å². The Hall–Kier alpha value is -4.12. The van der Waals surface area contributed by atoms with Crippen molar-refractivity contribution >= 4 is 35.3 Å². The fraction of sp³-hybridized carbons (Fsp3) is 0.333. The number of nitrogens with one attached hydrogen (secondary N) is 1. The van der Waals surface area contributed by atoms with E-state index in [2.05, 4.69) is 10.3 Å². The lowest BCUT2D eigenvalue weighted by molar-refractivity contribution is -0.139. The number of esters is 1. The van der Waals surface area contributed by atoms with E-state index in [0.29, 0.717) is 41.6 Å². The van der Waals surface area contributed by atoms with Crippen LogP contribution in [0.1, 0.15) is 60.9 Å². The molecule has 0 unspecified atom stereocenters. The van der Waals surface area contributed by atoms with Gasteiger partial charge in [-0.1, -0.05) is 30.2 Å². The number of anilines is 1. The van der Waals surface area contributed by atoms with Crippen LogP contribution in [0.15, 0.2) is 42.6 Å². The predicted octanol–water partition coefficient (Wildman–Crippen LogP) is 6.67. The van der Waals surface area contributed by atoms with Gasteiger partial charge >= 0.3 is 12.1 Å². The van der Waals surface area contributed by atoms with Gasteiger partial charge in [-0.3, -0.25) is 9.59 Å². The number of carbonyl (C=O) groups is 3. The highest BCUT2D eigenvalue weighted by molar-refractivity contribution is 6.30. The van der Waals surface area contributed by atoms with Crippen LogP contribution in [-0.4, -0.2) is 41.5 Å². The number of methoxy groups -OCH3 is 1. The smallest absolute Gasteiger partial charge is 0.410 e. The Morgan fingerprint density at radius 1 is 1.14 bits per heavy atom. The molecular weight excluding hydrogens is 575 g/mol. The van der Waals surface area contributed by atoms with E-state index >= 15 is 4.39 Å². The van der Waals surface area contributed by atoms with Crippen LogP contribution in [0, 0.1) is 17.6 Å². The molecule has 3 heterocycles. The molecule has 2 aromatic carbocycles. The molecule has 42 heavy (non-hydrogen) atoms. The van der Waals surface area contributed by atoms with Crippen molar-refractivity contribution < 1.29 is 37.0 Å². The minimum absolute atomic E-state index is 0.00427. The van der Waals surface area contributed by atoms with Gasteiger partial charge in [0, 0.05) is 48.0 Å². The lowest BCUT2D eigenvalue weighted by atomic mass is 9.94. The zero-order valence-corrected chi connectivity index (χ0v) is 23.3. The zero-order chi connectivity index (χ0) is 30.0. The SMILES string of the molecule is COC(=O)Cc1ccc2c(c1)NC(=O)CCCC[C@H](N1CC[C@H](c3c(F)ccc(Cl)c3F)OC1=O)c1cc-2cnc1F. The summed E-state index contributed by atoms with van der Waals surface area (Å²) in [5.41, 5.74) is 1.75. The highest BCUT2D eigenvalue weighted by atomic mass is 35.5. The minimum Gasteiger partial charge on any atom is -0.469 e. The number of nitrogens with zero attached hydrogens (tertiary/aromatic N) is 2. The first kappa shape index (κ1) is 29.4. The monoisotopic (exact) mass is 601 g/mol. The molecule has 1 aromatic heterocycles. The first-order valence-electron chi connectivity index (χ1n) is 13.4. The average molecular weight is 602 g/mol. The number of hydrogen-bond acceptors (Lipinski definition) is 6. The number of carbonyl (C=O) groups excluding carboxylic acids is 3. The molecule has 0 aliphatic carbocycles. The highest BCUT2D eigenvalue weighted by Gasteiger charge is 2.37. The van der Waals surface area contributed by atoms with Gasteiger partial charge < -0.3 is 19.7 Å². The summed E-state index contributed by atoms with van der Waals surface area (Å²) in [5.74, 6) is -3.35. The van der Waals surface area contributed by atoms with Gasteiger partial charge in [0.15, 0.2) is 5.82 Å². The first-order valence-corrected chi connectivity index (χ1v) is 13.8. The maximum absolute atomic E-state index is 15.3. The molecular formula is C30H27ClF3N3O5. The molecule has 0 radical (unpaired) electrons. The van der Waals surface area contributed by atoms with E-state index in [0.717, 1.165) is 12.1 Å². The Kier molecular flexibility index (Phi) is 8.67. The largest absolute Gasteiger partial charge is 0.469 e. The number of aromatic nitrogens is 1. The van der Waals surface area contributed by atoms with Crippen molar-refractivity contribution in [2.24, 2.45) is 0 Å². The number of fused-ring (bicyclic) bond motifs is 4. The molecule has 0 spiro atoms. The fourth-order valence-corrected chi connectivity index (χ4v) is 5.54. The van der Waals surface area contributed by atoms with Crippen LogP contribution in [0.5, 0.6) is 0 Å². The Balaban J connectivity index is 1.49. The van der Waals surface area contributed by atoms with Gasteiger partial charge in [-0.15, -0.1) is 0 Å². The third-order valence-electron chi connectivity index (χ3n) is 7.49. The standard InChI is InChI=1S/C30H27ClF3N3O5/c1-41-26(39)13-16-6-7-18-17-14-19(29(34)35-15-17)23(4-2-3-5-25(38)36-22(18)12-16)37-11-10-24(42-30(37)40)27-21(32)9-8-20(31)28(27)33/h6-9,12,14-15,23-24H,2-5,10-11,13H2,1H3,(H,36,38)/t23-,24+/m0/s1. The molecule has 2 aliphatic rings. The second-order valence-corrected chi connectivity index (χ2v) is 10.6. The molecule has 2 atom stereocenters. The van der Waals surface area contributed by atoms with E-state index in [-0.39, 0.29) is 42.3 Å². The van der Waals surface area contributed by atoms with E-state index in [4.69, 9.17) is 21.1 Å². The molecule has 220 valence electrons. The van der Waals surface area contributed by atoms with Crippen LogP contribution in [0.25, 0.3) is 11.1 Å². The van der Waals surface area contributed by atoms with E-state index < -0.39 is 47.4 Å². The third-order valence-corrected chi connectivity index (χ3v) is 7.78. The number of hydrogen-bond donors (Lipinski definition) is 1. The molecule has 0 saturated carbocycles. The van der Waals surface area contributed by atoms with Crippen LogP contribution in [0.4, 0.5) is 23.7 Å². The number of benzene rings is 2. The minimum atomic E-state index is -1.21. The van der Waals surface area contributed by atoms with Gasteiger partial charge in [-0.2, -0.15) is 4.39 Å². The molecule has 3 aromatic rings. The van der Waals surface area contributed by atoms with Crippen molar-refractivity contribution in [3.8, 4) is 11.1 Å². The van der Waals surface area contributed by atoms with Crippen LogP contribution in [-0.2, 0) is 25.5 Å². The lowest BCUT2D eigenvalue weighted by Crippen LogP contribution is -2.42. The summed E-state index contributed by atoms with van der Waals surface area (Å²) in [7, 11) is 1.28. The van der Waals surface area contributed by atoms with Crippen molar-refractivity contribution in [2.75, 3.05) is 19.0 Å². The van der Waals surface area contributed by atoms with Crippen LogP contribution >= 0.6 is 11.6 Å².